The molecule has 1 atom stereocenters. The molecule has 8 nitrogen and oxygen atoms in total. The van der Waals surface area contributed by atoms with Crippen LogP contribution in [0.25, 0.3) is 0 Å². The summed E-state index contributed by atoms with van der Waals surface area (Å²) in [6.45, 7) is 13.1. The van der Waals surface area contributed by atoms with Gasteiger partial charge in [-0.25, -0.2) is 9.59 Å². The Morgan fingerprint density at radius 1 is 1.09 bits per heavy atom. The normalized spacial score (nSPS) is 13.8. The van der Waals surface area contributed by atoms with Gasteiger partial charge < -0.3 is 14.7 Å². The predicted molar refractivity (Wildman–Crippen MR) is 164 cm³/mol. The lowest BCUT2D eigenvalue weighted by atomic mass is 10.0. The summed E-state index contributed by atoms with van der Waals surface area (Å²) in [4.78, 5) is 40.0. The van der Waals surface area contributed by atoms with E-state index in [0.29, 0.717) is 23.2 Å². The number of carboxylic acids is 1. The molecule has 240 valence electrons. The van der Waals surface area contributed by atoms with E-state index >= 15 is 0 Å². The van der Waals surface area contributed by atoms with Crippen LogP contribution in [0.5, 0.6) is 5.75 Å². The van der Waals surface area contributed by atoms with E-state index in [1.54, 1.807) is 12.0 Å². The molecule has 0 spiro atoms. The molecule has 0 bridgehead atoms. The first-order valence-electron chi connectivity index (χ1n) is 14.4. The standard InChI is InChI=1S/C27H36ClN3O3.C2HF3O2.C2H6/c1-5-15-29(16-13-20(3)6-2)22-9-12-25(24(28)18-22)30-17-14-26(32)31(27(30)33)19-21-7-10-23(34-4)11-8-21;3-2(4,5)1(6)7;1-2/h7-12,18,20H,5-6,13-17,19H2,1-4H3;(H,6,7);1-2H3. The second-order valence-corrected chi connectivity index (χ2v) is 10.1. The van der Waals surface area contributed by atoms with Crippen LogP contribution in [-0.2, 0) is 16.1 Å². The number of carbonyl (C=O) groups excluding carboxylic acids is 2. The molecule has 2 aromatic rings. The molecule has 0 aromatic heterocycles. The van der Waals surface area contributed by atoms with Crippen LogP contribution in [0.15, 0.2) is 42.5 Å². The number of carbonyl (C=O) groups is 3. The zero-order valence-corrected chi connectivity index (χ0v) is 26.5. The third kappa shape index (κ3) is 11.6. The number of nitrogens with zero attached hydrogens (tertiary/aromatic N) is 3. The smallest absolute Gasteiger partial charge is 0.490 e. The number of hydrogen-bond acceptors (Lipinski definition) is 5. The Morgan fingerprint density at radius 2 is 1.70 bits per heavy atom. The van der Waals surface area contributed by atoms with Crippen molar-refractivity contribution in [1.82, 2.24) is 4.90 Å². The van der Waals surface area contributed by atoms with E-state index in [9.17, 15) is 22.8 Å². The zero-order chi connectivity index (χ0) is 32.7. The first kappa shape index (κ1) is 37.6. The monoisotopic (exact) mass is 629 g/mol. The van der Waals surface area contributed by atoms with Crippen molar-refractivity contribution in [3.05, 3.63) is 53.1 Å². The molecule has 0 radical (unpaired) electrons. The maximum atomic E-state index is 13.3. The highest BCUT2D eigenvalue weighted by molar-refractivity contribution is 6.34. The molecule has 0 saturated carbocycles. The van der Waals surface area contributed by atoms with E-state index in [-0.39, 0.29) is 24.9 Å². The lowest BCUT2D eigenvalue weighted by Crippen LogP contribution is -2.52. The van der Waals surface area contributed by atoms with Gasteiger partial charge in [-0.2, -0.15) is 13.2 Å². The SMILES string of the molecule is CC.CCCN(CCC(C)CC)c1ccc(N2CCC(=O)N(Cc3ccc(OC)cc3)C2=O)c(Cl)c1.O=C(O)C(F)(F)F. The summed E-state index contributed by atoms with van der Waals surface area (Å²) in [7, 11) is 1.60. The lowest BCUT2D eigenvalue weighted by Gasteiger charge is -2.35. The van der Waals surface area contributed by atoms with Crippen molar-refractivity contribution < 1.29 is 37.4 Å². The molecular weight excluding hydrogens is 587 g/mol. The van der Waals surface area contributed by atoms with Crippen molar-refractivity contribution >= 4 is 40.9 Å². The van der Waals surface area contributed by atoms with Gasteiger partial charge in [0.25, 0.3) is 0 Å². The number of aliphatic carboxylic acids is 1. The van der Waals surface area contributed by atoms with Gasteiger partial charge in [-0.05, 0) is 54.7 Å². The first-order valence-corrected chi connectivity index (χ1v) is 14.8. The Kier molecular flexibility index (Phi) is 15.9. The lowest BCUT2D eigenvalue weighted by molar-refractivity contribution is -0.192. The average Bonchev–Trinajstić information content (AvgIpc) is 2.98. The Labute approximate surface area is 257 Å². The van der Waals surface area contributed by atoms with Crippen LogP contribution in [-0.4, -0.2) is 60.8 Å². The molecule has 2 aromatic carbocycles. The highest BCUT2D eigenvalue weighted by atomic mass is 35.5. The molecule has 0 aliphatic carbocycles. The molecule has 43 heavy (non-hydrogen) atoms. The van der Waals surface area contributed by atoms with Crippen molar-refractivity contribution in [1.29, 1.82) is 0 Å². The number of rotatable bonds is 11. The molecule has 1 saturated heterocycles. The van der Waals surface area contributed by atoms with E-state index in [1.807, 2.05) is 56.3 Å². The van der Waals surface area contributed by atoms with Crippen molar-refractivity contribution in [3.8, 4) is 5.75 Å². The first-order chi connectivity index (χ1) is 20.3. The number of urea groups is 1. The number of imide groups is 1. The van der Waals surface area contributed by atoms with Crippen LogP contribution in [0.4, 0.5) is 29.3 Å². The number of anilines is 2. The van der Waals surface area contributed by atoms with Gasteiger partial charge in [-0.1, -0.05) is 64.8 Å². The summed E-state index contributed by atoms with van der Waals surface area (Å²) in [6, 6.07) is 12.9. The summed E-state index contributed by atoms with van der Waals surface area (Å²) in [5.74, 6) is -1.53. The largest absolute Gasteiger partial charge is 0.497 e. The van der Waals surface area contributed by atoms with Crippen LogP contribution in [0.1, 0.15) is 65.9 Å². The summed E-state index contributed by atoms with van der Waals surface area (Å²) in [5.41, 5.74) is 2.57. The summed E-state index contributed by atoms with van der Waals surface area (Å²) >= 11 is 6.70. The minimum Gasteiger partial charge on any atom is -0.497 e. The second kappa shape index (κ2) is 18.3. The number of carboxylic acid groups (broad SMARTS) is 1. The van der Waals surface area contributed by atoms with Gasteiger partial charge in [0.15, 0.2) is 0 Å². The Bertz CT molecular complexity index is 1180. The summed E-state index contributed by atoms with van der Waals surface area (Å²) in [6.07, 6.45) is -1.48. The van der Waals surface area contributed by atoms with E-state index in [0.717, 1.165) is 42.9 Å². The van der Waals surface area contributed by atoms with E-state index < -0.39 is 12.1 Å². The molecular formula is C31H43ClF3N3O5. The molecule has 3 amide bonds. The third-order valence-electron chi connectivity index (χ3n) is 6.72. The number of benzene rings is 2. The predicted octanol–water partition coefficient (Wildman–Crippen LogP) is 8.02. The van der Waals surface area contributed by atoms with Crippen molar-refractivity contribution in [2.75, 3.05) is 36.5 Å². The van der Waals surface area contributed by atoms with E-state index in [4.69, 9.17) is 26.2 Å². The summed E-state index contributed by atoms with van der Waals surface area (Å²) in [5, 5.41) is 7.65. The summed E-state index contributed by atoms with van der Waals surface area (Å²) < 4.78 is 36.9. The van der Waals surface area contributed by atoms with Crippen LogP contribution in [0.2, 0.25) is 5.02 Å². The minimum atomic E-state index is -5.08. The van der Waals surface area contributed by atoms with E-state index in [2.05, 4.69) is 25.7 Å². The van der Waals surface area contributed by atoms with Gasteiger partial charge >= 0.3 is 18.2 Å². The Balaban J connectivity index is 0.000000901. The number of hydrogen-bond donors (Lipinski definition) is 1. The molecule has 1 aliphatic heterocycles. The maximum absolute atomic E-state index is 13.3. The Morgan fingerprint density at radius 3 is 2.19 bits per heavy atom. The fourth-order valence-corrected chi connectivity index (χ4v) is 4.39. The number of alkyl halides is 3. The van der Waals surface area contributed by atoms with Crippen molar-refractivity contribution in [2.24, 2.45) is 5.92 Å². The Hall–Kier alpha value is -3.47. The fraction of sp³-hybridized carbons (Fsp3) is 0.516. The van der Waals surface area contributed by atoms with Crippen LogP contribution < -0.4 is 14.5 Å². The number of ether oxygens (including phenoxy) is 1. The van der Waals surface area contributed by atoms with Gasteiger partial charge in [0.2, 0.25) is 5.91 Å². The van der Waals surface area contributed by atoms with Crippen LogP contribution in [0.3, 0.4) is 0 Å². The number of methoxy groups -OCH3 is 1. The van der Waals surface area contributed by atoms with Crippen LogP contribution in [0, 0.1) is 5.92 Å². The quantitative estimate of drug-likeness (QED) is 0.271. The molecule has 1 fully saturated rings. The van der Waals surface area contributed by atoms with Crippen molar-refractivity contribution in [2.45, 2.75) is 73.0 Å². The molecule has 1 unspecified atom stereocenters. The average molecular weight is 630 g/mol. The second-order valence-electron chi connectivity index (χ2n) is 9.74. The maximum Gasteiger partial charge on any atom is 0.490 e. The highest BCUT2D eigenvalue weighted by Gasteiger charge is 2.38. The minimum absolute atomic E-state index is 0.177. The van der Waals surface area contributed by atoms with Gasteiger partial charge in [0.1, 0.15) is 5.75 Å². The third-order valence-corrected chi connectivity index (χ3v) is 7.03. The van der Waals surface area contributed by atoms with Crippen LogP contribution >= 0.6 is 11.6 Å². The molecule has 12 heteroatoms. The van der Waals surface area contributed by atoms with Gasteiger partial charge in [0, 0.05) is 31.7 Å². The van der Waals surface area contributed by atoms with Crippen molar-refractivity contribution in [3.63, 3.8) is 0 Å². The highest BCUT2D eigenvalue weighted by Crippen LogP contribution is 2.33. The van der Waals surface area contributed by atoms with Gasteiger partial charge in [-0.15, -0.1) is 0 Å². The molecule has 1 heterocycles. The molecule has 1 N–H and O–H groups in total. The molecule has 3 rings (SSSR count). The fourth-order valence-electron chi connectivity index (χ4n) is 4.11. The topological polar surface area (TPSA) is 90.4 Å². The zero-order valence-electron chi connectivity index (χ0n) is 25.7. The number of amides is 3. The van der Waals surface area contributed by atoms with Gasteiger partial charge in [0.05, 0.1) is 24.4 Å². The van der Waals surface area contributed by atoms with E-state index in [1.165, 1.54) is 11.3 Å². The van der Waals surface area contributed by atoms with Gasteiger partial charge in [-0.3, -0.25) is 14.6 Å². The number of halogens is 4. The molecule has 1 aliphatic rings.